The molecule has 22 heavy (non-hydrogen) atoms. The summed E-state index contributed by atoms with van der Waals surface area (Å²) in [5.41, 5.74) is 2.90. The summed E-state index contributed by atoms with van der Waals surface area (Å²) in [6.07, 6.45) is 3.29. The summed E-state index contributed by atoms with van der Waals surface area (Å²) in [5.74, 6) is -0.183. The molecule has 108 valence electrons. The minimum absolute atomic E-state index is 0.183. The molecule has 0 aliphatic heterocycles. The summed E-state index contributed by atoms with van der Waals surface area (Å²) in [5, 5.41) is 5.32. The summed E-state index contributed by atoms with van der Waals surface area (Å²) < 4.78 is 0. The topological polar surface area (TPSA) is 42.0 Å². The van der Waals surface area contributed by atoms with E-state index in [0.29, 0.717) is 5.13 Å². The predicted octanol–water partition coefficient (Wildman–Crippen LogP) is 4.46. The van der Waals surface area contributed by atoms with E-state index in [-0.39, 0.29) is 5.91 Å². The van der Waals surface area contributed by atoms with Crippen LogP contribution < -0.4 is 5.32 Å². The fourth-order valence-corrected chi connectivity index (χ4v) is 2.68. The van der Waals surface area contributed by atoms with Crippen molar-refractivity contribution in [2.24, 2.45) is 0 Å². The fourth-order valence-electron chi connectivity index (χ4n) is 1.96. The van der Waals surface area contributed by atoms with Crippen LogP contribution in [0.15, 0.2) is 72.1 Å². The minimum Gasteiger partial charge on any atom is -0.298 e. The van der Waals surface area contributed by atoms with Gasteiger partial charge in [-0.05, 0) is 11.6 Å². The number of carbonyl (C=O) groups is 1. The number of nitrogens with zero attached hydrogens (tertiary/aromatic N) is 1. The standard InChI is InChI=1S/C18H14N2OS/c21-17(12-11-14-7-3-1-4-8-14)20-18-19-16(13-22-18)15-9-5-2-6-10-15/h1-13H,(H,19,20,21)/b12-11-. The van der Waals surface area contributed by atoms with Crippen molar-refractivity contribution in [2.45, 2.75) is 0 Å². The minimum atomic E-state index is -0.183. The first-order valence-corrected chi connectivity index (χ1v) is 7.74. The van der Waals surface area contributed by atoms with E-state index in [1.807, 2.05) is 66.0 Å². The van der Waals surface area contributed by atoms with Crippen molar-refractivity contribution in [1.82, 2.24) is 4.98 Å². The summed E-state index contributed by atoms with van der Waals surface area (Å²) in [6.45, 7) is 0. The number of nitrogens with one attached hydrogen (secondary N) is 1. The van der Waals surface area contributed by atoms with E-state index < -0.39 is 0 Å². The second kappa shape index (κ2) is 6.83. The summed E-state index contributed by atoms with van der Waals surface area (Å²) in [6, 6.07) is 19.6. The highest BCUT2D eigenvalue weighted by Crippen LogP contribution is 2.24. The number of carbonyl (C=O) groups excluding carboxylic acids is 1. The fraction of sp³-hybridized carbons (Fsp3) is 0. The molecule has 0 saturated carbocycles. The maximum Gasteiger partial charge on any atom is 0.250 e. The van der Waals surface area contributed by atoms with Crippen LogP contribution in [0.2, 0.25) is 0 Å². The molecule has 4 heteroatoms. The highest BCUT2D eigenvalue weighted by atomic mass is 32.1. The van der Waals surface area contributed by atoms with Gasteiger partial charge < -0.3 is 0 Å². The average molecular weight is 306 g/mol. The number of anilines is 1. The lowest BCUT2D eigenvalue weighted by molar-refractivity contribution is -0.111. The molecule has 0 unspecified atom stereocenters. The molecule has 1 amide bonds. The highest BCUT2D eigenvalue weighted by Gasteiger charge is 2.05. The molecule has 2 aromatic carbocycles. The number of thiazole rings is 1. The monoisotopic (exact) mass is 306 g/mol. The Balaban J connectivity index is 1.65. The van der Waals surface area contributed by atoms with E-state index in [1.165, 1.54) is 17.4 Å². The summed E-state index contributed by atoms with van der Waals surface area (Å²) in [7, 11) is 0. The Morgan fingerprint density at radius 1 is 1.00 bits per heavy atom. The molecule has 0 bridgehead atoms. The molecule has 0 radical (unpaired) electrons. The van der Waals surface area contributed by atoms with Gasteiger partial charge in [-0.25, -0.2) is 4.98 Å². The first-order valence-electron chi connectivity index (χ1n) is 6.86. The lowest BCUT2D eigenvalue weighted by atomic mass is 10.2. The zero-order chi connectivity index (χ0) is 15.2. The number of amides is 1. The molecule has 3 rings (SSSR count). The number of hydrogen-bond donors (Lipinski definition) is 1. The van der Waals surface area contributed by atoms with Gasteiger partial charge in [0.05, 0.1) is 5.69 Å². The van der Waals surface area contributed by atoms with Gasteiger partial charge in [-0.15, -0.1) is 11.3 Å². The van der Waals surface area contributed by atoms with E-state index in [0.717, 1.165) is 16.8 Å². The van der Waals surface area contributed by atoms with E-state index in [1.54, 1.807) is 6.08 Å². The van der Waals surface area contributed by atoms with Gasteiger partial charge in [0, 0.05) is 17.0 Å². The SMILES string of the molecule is O=C(/C=C\c1ccccc1)Nc1nc(-c2ccccc2)cs1. The Morgan fingerprint density at radius 2 is 1.68 bits per heavy atom. The molecule has 1 heterocycles. The van der Waals surface area contributed by atoms with Gasteiger partial charge in [-0.2, -0.15) is 0 Å². The van der Waals surface area contributed by atoms with Crippen molar-refractivity contribution >= 4 is 28.5 Å². The van der Waals surface area contributed by atoms with Crippen molar-refractivity contribution in [3.05, 3.63) is 77.7 Å². The molecular formula is C18H14N2OS. The van der Waals surface area contributed by atoms with Crippen molar-refractivity contribution in [2.75, 3.05) is 5.32 Å². The number of benzene rings is 2. The van der Waals surface area contributed by atoms with Crippen molar-refractivity contribution in [1.29, 1.82) is 0 Å². The van der Waals surface area contributed by atoms with E-state index in [2.05, 4.69) is 10.3 Å². The van der Waals surface area contributed by atoms with E-state index >= 15 is 0 Å². The molecule has 1 N–H and O–H groups in total. The lowest BCUT2D eigenvalue weighted by Crippen LogP contribution is -2.07. The highest BCUT2D eigenvalue weighted by molar-refractivity contribution is 7.14. The van der Waals surface area contributed by atoms with E-state index in [9.17, 15) is 4.79 Å². The first kappa shape index (κ1) is 14.2. The molecule has 0 atom stereocenters. The first-order chi connectivity index (χ1) is 10.8. The zero-order valence-electron chi connectivity index (χ0n) is 11.8. The van der Waals surface area contributed by atoms with Crippen molar-refractivity contribution < 1.29 is 4.79 Å². The third kappa shape index (κ3) is 3.68. The third-order valence-electron chi connectivity index (χ3n) is 3.03. The van der Waals surface area contributed by atoms with Gasteiger partial charge in [0.25, 0.3) is 0 Å². The molecule has 0 fully saturated rings. The smallest absolute Gasteiger partial charge is 0.250 e. The Kier molecular flexibility index (Phi) is 4.41. The maximum atomic E-state index is 11.9. The van der Waals surface area contributed by atoms with Crippen LogP contribution in [0.3, 0.4) is 0 Å². The van der Waals surface area contributed by atoms with Crippen molar-refractivity contribution in [3.8, 4) is 11.3 Å². The van der Waals surface area contributed by atoms with Crippen LogP contribution >= 0.6 is 11.3 Å². The molecule has 0 saturated heterocycles. The van der Waals surface area contributed by atoms with Crippen LogP contribution in [0, 0.1) is 0 Å². The molecule has 1 aromatic heterocycles. The van der Waals surface area contributed by atoms with Crippen LogP contribution in [0.25, 0.3) is 17.3 Å². The van der Waals surface area contributed by atoms with Gasteiger partial charge in [-0.1, -0.05) is 60.7 Å². The third-order valence-corrected chi connectivity index (χ3v) is 3.79. The Labute approximate surface area is 133 Å². The van der Waals surface area contributed by atoms with Crippen molar-refractivity contribution in [3.63, 3.8) is 0 Å². The van der Waals surface area contributed by atoms with Gasteiger partial charge in [0.1, 0.15) is 0 Å². The van der Waals surface area contributed by atoms with Crippen LogP contribution in [-0.4, -0.2) is 10.9 Å². The van der Waals surface area contributed by atoms with Crippen LogP contribution in [0.1, 0.15) is 5.56 Å². The molecular weight excluding hydrogens is 292 g/mol. The second-order valence-corrected chi connectivity index (χ2v) is 5.50. The van der Waals surface area contributed by atoms with Gasteiger partial charge in [-0.3, -0.25) is 10.1 Å². The predicted molar refractivity (Wildman–Crippen MR) is 91.7 cm³/mol. The summed E-state index contributed by atoms with van der Waals surface area (Å²) >= 11 is 1.42. The molecule has 0 spiro atoms. The normalized spacial score (nSPS) is 10.7. The lowest BCUT2D eigenvalue weighted by Gasteiger charge is -1.97. The zero-order valence-corrected chi connectivity index (χ0v) is 12.6. The second-order valence-electron chi connectivity index (χ2n) is 4.64. The number of rotatable bonds is 4. The Bertz CT molecular complexity index is 779. The van der Waals surface area contributed by atoms with Gasteiger partial charge in [0.15, 0.2) is 5.13 Å². The molecule has 3 nitrogen and oxygen atoms in total. The number of aromatic nitrogens is 1. The van der Waals surface area contributed by atoms with Crippen LogP contribution in [0.4, 0.5) is 5.13 Å². The largest absolute Gasteiger partial charge is 0.298 e. The Hall–Kier alpha value is -2.72. The maximum absolute atomic E-state index is 11.9. The molecule has 3 aromatic rings. The molecule has 0 aliphatic rings. The summed E-state index contributed by atoms with van der Waals surface area (Å²) in [4.78, 5) is 16.3. The number of hydrogen-bond acceptors (Lipinski definition) is 3. The van der Waals surface area contributed by atoms with Crippen LogP contribution in [0.5, 0.6) is 0 Å². The van der Waals surface area contributed by atoms with Gasteiger partial charge in [0.2, 0.25) is 5.91 Å². The van der Waals surface area contributed by atoms with E-state index in [4.69, 9.17) is 0 Å². The average Bonchev–Trinajstić information content (AvgIpc) is 3.03. The van der Waals surface area contributed by atoms with Gasteiger partial charge >= 0.3 is 0 Å². The quantitative estimate of drug-likeness (QED) is 0.723. The van der Waals surface area contributed by atoms with Crippen LogP contribution in [-0.2, 0) is 4.79 Å². The Morgan fingerprint density at radius 3 is 2.41 bits per heavy atom. The molecule has 0 aliphatic carbocycles.